The Hall–Kier alpha value is -0.580. The van der Waals surface area contributed by atoms with E-state index >= 15 is 0 Å². The SMILES string of the molecule is COCCNCCOc1ccc(Br)cc1C(C)C. The van der Waals surface area contributed by atoms with E-state index in [1.165, 1.54) is 5.56 Å². The molecule has 0 radical (unpaired) electrons. The molecule has 0 heterocycles. The van der Waals surface area contributed by atoms with Gasteiger partial charge in [-0.3, -0.25) is 0 Å². The number of hydrogen-bond acceptors (Lipinski definition) is 3. The van der Waals surface area contributed by atoms with E-state index in [1.54, 1.807) is 7.11 Å². The second-order valence-electron chi connectivity index (χ2n) is 4.43. The van der Waals surface area contributed by atoms with Gasteiger partial charge >= 0.3 is 0 Å². The molecule has 3 nitrogen and oxygen atoms in total. The van der Waals surface area contributed by atoms with Crippen LogP contribution in [0, 0.1) is 0 Å². The van der Waals surface area contributed by atoms with Crippen molar-refractivity contribution in [2.24, 2.45) is 0 Å². The minimum Gasteiger partial charge on any atom is -0.492 e. The van der Waals surface area contributed by atoms with Crippen molar-refractivity contribution in [3.8, 4) is 5.75 Å². The smallest absolute Gasteiger partial charge is 0.122 e. The molecule has 0 aromatic heterocycles. The lowest BCUT2D eigenvalue weighted by molar-refractivity contribution is 0.196. The molecule has 1 aromatic carbocycles. The van der Waals surface area contributed by atoms with Gasteiger partial charge in [-0.1, -0.05) is 29.8 Å². The van der Waals surface area contributed by atoms with Crippen LogP contribution in [0.4, 0.5) is 0 Å². The summed E-state index contributed by atoms with van der Waals surface area (Å²) in [5.74, 6) is 1.43. The van der Waals surface area contributed by atoms with E-state index in [9.17, 15) is 0 Å². The topological polar surface area (TPSA) is 30.5 Å². The maximum Gasteiger partial charge on any atom is 0.122 e. The Kier molecular flexibility index (Phi) is 7.32. The largest absolute Gasteiger partial charge is 0.492 e. The summed E-state index contributed by atoms with van der Waals surface area (Å²) < 4.78 is 11.9. The number of ether oxygens (including phenoxy) is 2. The lowest BCUT2D eigenvalue weighted by Gasteiger charge is -2.14. The molecule has 4 heteroatoms. The third-order valence-electron chi connectivity index (χ3n) is 2.61. The van der Waals surface area contributed by atoms with E-state index in [4.69, 9.17) is 9.47 Å². The van der Waals surface area contributed by atoms with Gasteiger partial charge in [0, 0.05) is 24.7 Å². The third kappa shape index (κ3) is 5.38. The molecule has 0 saturated carbocycles. The Morgan fingerprint density at radius 2 is 1.94 bits per heavy atom. The van der Waals surface area contributed by atoms with Crippen molar-refractivity contribution in [1.29, 1.82) is 0 Å². The molecule has 0 amide bonds. The molecule has 1 rings (SSSR count). The van der Waals surface area contributed by atoms with Crippen LogP contribution < -0.4 is 10.1 Å². The van der Waals surface area contributed by atoms with E-state index in [1.807, 2.05) is 12.1 Å². The van der Waals surface area contributed by atoms with E-state index < -0.39 is 0 Å². The molecule has 18 heavy (non-hydrogen) atoms. The quantitative estimate of drug-likeness (QED) is 0.747. The number of methoxy groups -OCH3 is 1. The monoisotopic (exact) mass is 315 g/mol. The summed E-state index contributed by atoms with van der Waals surface area (Å²) in [4.78, 5) is 0. The summed E-state index contributed by atoms with van der Waals surface area (Å²) in [7, 11) is 1.70. The molecule has 102 valence electrons. The Bertz CT molecular complexity index is 356. The highest BCUT2D eigenvalue weighted by molar-refractivity contribution is 9.10. The van der Waals surface area contributed by atoms with Gasteiger partial charge in [0.2, 0.25) is 0 Å². The minimum absolute atomic E-state index is 0.457. The Morgan fingerprint density at radius 3 is 2.61 bits per heavy atom. The molecule has 0 fully saturated rings. The molecule has 0 atom stereocenters. The second kappa shape index (κ2) is 8.51. The van der Waals surface area contributed by atoms with Crippen molar-refractivity contribution in [1.82, 2.24) is 5.32 Å². The zero-order valence-corrected chi connectivity index (χ0v) is 12.9. The Balaban J connectivity index is 2.42. The van der Waals surface area contributed by atoms with Crippen LogP contribution in [0.3, 0.4) is 0 Å². The number of nitrogens with one attached hydrogen (secondary N) is 1. The van der Waals surface area contributed by atoms with Gasteiger partial charge in [-0.15, -0.1) is 0 Å². The van der Waals surface area contributed by atoms with Crippen LogP contribution in [0.15, 0.2) is 22.7 Å². The maximum atomic E-state index is 5.81. The standard InChI is InChI=1S/C14H22BrNO2/c1-11(2)13-10-12(15)4-5-14(13)18-9-7-16-6-8-17-3/h4-5,10-11,16H,6-9H2,1-3H3. The van der Waals surface area contributed by atoms with Gasteiger partial charge in [-0.05, 0) is 29.7 Å². The van der Waals surface area contributed by atoms with Crippen molar-refractivity contribution >= 4 is 15.9 Å². The number of hydrogen-bond donors (Lipinski definition) is 1. The fraction of sp³-hybridized carbons (Fsp3) is 0.571. The van der Waals surface area contributed by atoms with Gasteiger partial charge in [-0.2, -0.15) is 0 Å². The van der Waals surface area contributed by atoms with E-state index in [0.717, 1.165) is 29.9 Å². The van der Waals surface area contributed by atoms with Gasteiger partial charge in [0.1, 0.15) is 12.4 Å². The second-order valence-corrected chi connectivity index (χ2v) is 5.34. The first-order valence-corrected chi connectivity index (χ1v) is 7.06. The van der Waals surface area contributed by atoms with Crippen LogP contribution in [0.2, 0.25) is 0 Å². The zero-order chi connectivity index (χ0) is 13.4. The average molecular weight is 316 g/mol. The van der Waals surface area contributed by atoms with E-state index in [0.29, 0.717) is 12.5 Å². The van der Waals surface area contributed by atoms with Crippen molar-refractivity contribution in [2.75, 3.05) is 33.4 Å². The normalized spacial score (nSPS) is 10.9. The van der Waals surface area contributed by atoms with Crippen molar-refractivity contribution < 1.29 is 9.47 Å². The van der Waals surface area contributed by atoms with Crippen LogP contribution >= 0.6 is 15.9 Å². The van der Waals surface area contributed by atoms with Crippen LogP contribution in [-0.2, 0) is 4.74 Å². The maximum absolute atomic E-state index is 5.81. The lowest BCUT2D eigenvalue weighted by Crippen LogP contribution is -2.24. The van der Waals surface area contributed by atoms with Gasteiger partial charge in [0.05, 0.1) is 6.61 Å². The predicted molar refractivity (Wildman–Crippen MR) is 78.5 cm³/mol. The highest BCUT2D eigenvalue weighted by atomic mass is 79.9. The van der Waals surface area contributed by atoms with Gasteiger partial charge in [-0.25, -0.2) is 0 Å². The highest BCUT2D eigenvalue weighted by Gasteiger charge is 2.08. The summed E-state index contributed by atoms with van der Waals surface area (Å²) in [5, 5.41) is 3.26. The number of benzene rings is 1. The molecule has 0 aliphatic carbocycles. The molecule has 0 unspecified atom stereocenters. The molecular formula is C14H22BrNO2. The summed E-state index contributed by atoms with van der Waals surface area (Å²) in [6, 6.07) is 6.16. The van der Waals surface area contributed by atoms with Crippen molar-refractivity contribution in [2.45, 2.75) is 19.8 Å². The summed E-state index contributed by atoms with van der Waals surface area (Å²) in [6.45, 7) is 7.44. The van der Waals surface area contributed by atoms with Crippen molar-refractivity contribution in [3.05, 3.63) is 28.2 Å². The molecule has 0 aliphatic rings. The molecular weight excluding hydrogens is 294 g/mol. The Morgan fingerprint density at radius 1 is 1.22 bits per heavy atom. The summed E-state index contributed by atoms with van der Waals surface area (Å²) in [6.07, 6.45) is 0. The molecule has 0 spiro atoms. The van der Waals surface area contributed by atoms with E-state index in [2.05, 4.69) is 41.2 Å². The molecule has 0 aliphatic heterocycles. The van der Waals surface area contributed by atoms with Crippen molar-refractivity contribution in [3.63, 3.8) is 0 Å². The molecule has 1 N–H and O–H groups in total. The third-order valence-corrected chi connectivity index (χ3v) is 3.11. The summed E-state index contributed by atoms with van der Waals surface area (Å²) in [5.41, 5.74) is 1.24. The van der Waals surface area contributed by atoms with Crippen LogP contribution in [-0.4, -0.2) is 33.4 Å². The fourth-order valence-electron chi connectivity index (χ4n) is 1.63. The molecule has 0 bridgehead atoms. The summed E-state index contributed by atoms with van der Waals surface area (Å²) >= 11 is 3.49. The fourth-order valence-corrected chi connectivity index (χ4v) is 2.01. The van der Waals surface area contributed by atoms with E-state index in [-0.39, 0.29) is 0 Å². The first-order chi connectivity index (χ1) is 8.65. The first kappa shape index (κ1) is 15.5. The molecule has 0 saturated heterocycles. The highest BCUT2D eigenvalue weighted by Crippen LogP contribution is 2.29. The lowest BCUT2D eigenvalue weighted by atomic mass is 10.0. The minimum atomic E-state index is 0.457. The van der Waals surface area contributed by atoms with Crippen LogP contribution in [0.5, 0.6) is 5.75 Å². The van der Waals surface area contributed by atoms with Gasteiger partial charge < -0.3 is 14.8 Å². The van der Waals surface area contributed by atoms with Crippen LogP contribution in [0.25, 0.3) is 0 Å². The number of rotatable bonds is 8. The van der Waals surface area contributed by atoms with Crippen LogP contribution in [0.1, 0.15) is 25.3 Å². The Labute approximate surface area is 118 Å². The van der Waals surface area contributed by atoms with Gasteiger partial charge in [0.25, 0.3) is 0 Å². The number of halogens is 1. The average Bonchev–Trinajstić information content (AvgIpc) is 2.35. The first-order valence-electron chi connectivity index (χ1n) is 6.27. The van der Waals surface area contributed by atoms with Gasteiger partial charge in [0.15, 0.2) is 0 Å². The zero-order valence-electron chi connectivity index (χ0n) is 11.3. The predicted octanol–water partition coefficient (Wildman–Crippen LogP) is 3.19. The molecule has 1 aromatic rings.